The number of hydrogen-bond donors (Lipinski definition) is 2. The van der Waals surface area contributed by atoms with E-state index in [2.05, 4.69) is 26.3 Å². The summed E-state index contributed by atoms with van der Waals surface area (Å²) in [5.74, 6) is -0.147. The summed E-state index contributed by atoms with van der Waals surface area (Å²) in [6.07, 6.45) is 7.73. The lowest BCUT2D eigenvalue weighted by molar-refractivity contribution is 0.0955. The summed E-state index contributed by atoms with van der Waals surface area (Å²) in [5.41, 5.74) is 3.49. The Balaban J connectivity index is 1.48. The highest BCUT2D eigenvalue weighted by atomic mass is 16.1. The predicted octanol–water partition coefficient (Wildman–Crippen LogP) is 3.08. The number of nitrogens with one attached hydrogen (secondary N) is 2. The molecule has 1 aromatic carbocycles. The van der Waals surface area contributed by atoms with E-state index in [0.29, 0.717) is 17.6 Å². The molecule has 0 saturated heterocycles. The molecule has 0 fully saturated rings. The number of amides is 1. The summed E-state index contributed by atoms with van der Waals surface area (Å²) in [7, 11) is 0. The molecule has 3 aromatic heterocycles. The van der Waals surface area contributed by atoms with Crippen LogP contribution in [0.1, 0.15) is 15.9 Å². The van der Waals surface area contributed by atoms with E-state index in [9.17, 15) is 4.79 Å². The van der Waals surface area contributed by atoms with E-state index in [-0.39, 0.29) is 5.91 Å². The number of aromatic amines is 1. The van der Waals surface area contributed by atoms with Gasteiger partial charge in [0, 0.05) is 47.6 Å². The molecule has 0 spiro atoms. The van der Waals surface area contributed by atoms with Crippen LogP contribution in [0.25, 0.3) is 21.8 Å². The van der Waals surface area contributed by atoms with Crippen molar-refractivity contribution in [2.75, 3.05) is 6.54 Å². The van der Waals surface area contributed by atoms with Crippen LogP contribution in [-0.2, 0) is 6.42 Å². The highest BCUT2D eigenvalue weighted by Crippen LogP contribution is 2.18. The molecule has 4 aromatic rings. The van der Waals surface area contributed by atoms with Crippen molar-refractivity contribution in [3.05, 3.63) is 72.3 Å². The molecule has 0 bridgehead atoms. The maximum Gasteiger partial charge on any atom is 0.255 e. The minimum atomic E-state index is -0.147. The molecular weight excluding hydrogens is 300 g/mol. The maximum absolute atomic E-state index is 12.5. The van der Waals surface area contributed by atoms with Gasteiger partial charge in [0.25, 0.3) is 5.91 Å². The van der Waals surface area contributed by atoms with Crippen molar-refractivity contribution in [1.29, 1.82) is 0 Å². The van der Waals surface area contributed by atoms with Crippen molar-refractivity contribution < 1.29 is 4.79 Å². The molecule has 0 aliphatic rings. The second-order valence-electron chi connectivity index (χ2n) is 5.63. The number of aromatic nitrogens is 3. The Morgan fingerprint density at radius 1 is 1.12 bits per heavy atom. The standard InChI is InChI=1S/C19H16N4O/c24-19(16-12-20-10-14-4-3-8-21-18(14)16)22-9-7-13-11-23-17-6-2-1-5-15(13)17/h1-6,8,10-12,23H,7,9H2,(H,22,24). The third-order valence-corrected chi connectivity index (χ3v) is 4.11. The van der Waals surface area contributed by atoms with E-state index in [1.165, 1.54) is 10.9 Å². The zero-order valence-electron chi connectivity index (χ0n) is 13.0. The monoisotopic (exact) mass is 316 g/mol. The summed E-state index contributed by atoms with van der Waals surface area (Å²) in [6.45, 7) is 0.559. The molecule has 0 atom stereocenters. The quantitative estimate of drug-likeness (QED) is 0.608. The second kappa shape index (κ2) is 6.12. The molecule has 118 valence electrons. The van der Waals surface area contributed by atoms with Gasteiger partial charge in [-0.1, -0.05) is 18.2 Å². The largest absolute Gasteiger partial charge is 0.361 e. The van der Waals surface area contributed by atoms with Crippen LogP contribution >= 0.6 is 0 Å². The molecule has 0 radical (unpaired) electrons. The summed E-state index contributed by atoms with van der Waals surface area (Å²) in [6, 6.07) is 11.9. The lowest BCUT2D eigenvalue weighted by Crippen LogP contribution is -2.26. The van der Waals surface area contributed by atoms with Crippen LogP contribution in [0.2, 0.25) is 0 Å². The van der Waals surface area contributed by atoms with Crippen LogP contribution < -0.4 is 5.32 Å². The minimum Gasteiger partial charge on any atom is -0.361 e. The number of para-hydroxylation sites is 1. The van der Waals surface area contributed by atoms with E-state index in [0.717, 1.165) is 17.3 Å². The molecule has 0 saturated carbocycles. The average molecular weight is 316 g/mol. The average Bonchev–Trinajstić information content (AvgIpc) is 3.04. The molecular formula is C19H16N4O. The van der Waals surface area contributed by atoms with Gasteiger partial charge in [0.1, 0.15) is 0 Å². The molecule has 0 aliphatic heterocycles. The van der Waals surface area contributed by atoms with E-state index in [1.54, 1.807) is 18.6 Å². The van der Waals surface area contributed by atoms with Crippen LogP contribution in [0, 0.1) is 0 Å². The Morgan fingerprint density at radius 2 is 2.04 bits per heavy atom. The summed E-state index contributed by atoms with van der Waals surface area (Å²) < 4.78 is 0. The fourth-order valence-electron chi connectivity index (χ4n) is 2.91. The predicted molar refractivity (Wildman–Crippen MR) is 93.9 cm³/mol. The van der Waals surface area contributed by atoms with Crippen LogP contribution in [0.15, 0.2) is 61.2 Å². The van der Waals surface area contributed by atoms with Gasteiger partial charge in [0.2, 0.25) is 0 Å². The number of carbonyl (C=O) groups excluding carboxylic acids is 1. The molecule has 24 heavy (non-hydrogen) atoms. The van der Waals surface area contributed by atoms with E-state index < -0.39 is 0 Å². The Labute approximate surface area is 138 Å². The highest BCUT2D eigenvalue weighted by Gasteiger charge is 2.11. The number of benzene rings is 1. The van der Waals surface area contributed by atoms with Gasteiger partial charge in [0.15, 0.2) is 0 Å². The third kappa shape index (κ3) is 2.60. The topological polar surface area (TPSA) is 70.7 Å². The van der Waals surface area contributed by atoms with Crippen LogP contribution in [0.5, 0.6) is 0 Å². The minimum absolute atomic E-state index is 0.147. The van der Waals surface area contributed by atoms with Crippen molar-refractivity contribution >= 4 is 27.7 Å². The lowest BCUT2D eigenvalue weighted by Gasteiger charge is -2.06. The number of hydrogen-bond acceptors (Lipinski definition) is 3. The fraction of sp³-hybridized carbons (Fsp3) is 0.105. The molecule has 3 heterocycles. The van der Waals surface area contributed by atoms with Gasteiger partial charge >= 0.3 is 0 Å². The second-order valence-corrected chi connectivity index (χ2v) is 5.63. The number of fused-ring (bicyclic) bond motifs is 2. The number of H-pyrrole nitrogens is 1. The Kier molecular flexibility index (Phi) is 3.67. The van der Waals surface area contributed by atoms with Crippen molar-refractivity contribution in [3.63, 3.8) is 0 Å². The zero-order valence-corrected chi connectivity index (χ0v) is 13.0. The number of nitrogens with zero attached hydrogens (tertiary/aromatic N) is 2. The fourth-order valence-corrected chi connectivity index (χ4v) is 2.91. The molecule has 5 nitrogen and oxygen atoms in total. The van der Waals surface area contributed by atoms with Gasteiger partial charge < -0.3 is 10.3 Å². The van der Waals surface area contributed by atoms with Crippen LogP contribution in [0.3, 0.4) is 0 Å². The first-order valence-electron chi connectivity index (χ1n) is 7.85. The van der Waals surface area contributed by atoms with Gasteiger partial charge in [-0.2, -0.15) is 0 Å². The first-order valence-corrected chi connectivity index (χ1v) is 7.85. The summed E-state index contributed by atoms with van der Waals surface area (Å²) >= 11 is 0. The summed E-state index contributed by atoms with van der Waals surface area (Å²) in [4.78, 5) is 24.1. The molecule has 5 heteroatoms. The Bertz CT molecular complexity index is 1020. The van der Waals surface area contributed by atoms with Crippen molar-refractivity contribution in [1.82, 2.24) is 20.3 Å². The number of rotatable bonds is 4. The van der Waals surface area contributed by atoms with Crippen LogP contribution in [-0.4, -0.2) is 27.4 Å². The zero-order chi connectivity index (χ0) is 16.4. The SMILES string of the molecule is O=C(NCCc1c[nH]c2ccccc12)c1cncc2cccnc12. The maximum atomic E-state index is 12.5. The third-order valence-electron chi connectivity index (χ3n) is 4.11. The molecule has 1 amide bonds. The smallest absolute Gasteiger partial charge is 0.255 e. The van der Waals surface area contributed by atoms with Crippen LogP contribution in [0.4, 0.5) is 0 Å². The van der Waals surface area contributed by atoms with Gasteiger partial charge in [-0.15, -0.1) is 0 Å². The first kappa shape index (κ1) is 14.4. The van der Waals surface area contributed by atoms with Crippen molar-refractivity contribution in [2.24, 2.45) is 0 Å². The van der Waals surface area contributed by atoms with Gasteiger partial charge in [-0.25, -0.2) is 0 Å². The number of carbonyl (C=O) groups is 1. The molecule has 4 rings (SSSR count). The van der Waals surface area contributed by atoms with Gasteiger partial charge in [0.05, 0.1) is 11.1 Å². The first-order chi connectivity index (χ1) is 11.8. The van der Waals surface area contributed by atoms with E-state index in [4.69, 9.17) is 0 Å². The highest BCUT2D eigenvalue weighted by molar-refractivity contribution is 6.04. The normalized spacial score (nSPS) is 11.0. The van der Waals surface area contributed by atoms with Crippen molar-refractivity contribution in [2.45, 2.75) is 6.42 Å². The Morgan fingerprint density at radius 3 is 3.00 bits per heavy atom. The van der Waals surface area contributed by atoms with E-state index >= 15 is 0 Å². The van der Waals surface area contributed by atoms with Gasteiger partial charge in [-0.05, 0) is 30.2 Å². The Hall–Kier alpha value is -3.21. The number of pyridine rings is 2. The van der Waals surface area contributed by atoms with E-state index in [1.807, 2.05) is 36.5 Å². The summed E-state index contributed by atoms with van der Waals surface area (Å²) in [5, 5.41) is 5.02. The molecule has 2 N–H and O–H groups in total. The lowest BCUT2D eigenvalue weighted by atomic mass is 10.1. The van der Waals surface area contributed by atoms with Gasteiger partial charge in [-0.3, -0.25) is 14.8 Å². The molecule has 0 unspecified atom stereocenters. The molecule has 0 aliphatic carbocycles. The van der Waals surface area contributed by atoms with Crippen molar-refractivity contribution in [3.8, 4) is 0 Å².